The van der Waals surface area contributed by atoms with Crippen LogP contribution in [-0.2, 0) is 0 Å². The molecule has 2 aliphatic rings. The Labute approximate surface area is 210 Å². The number of allylic oxidation sites excluding steroid dienone is 1. The Hall–Kier alpha value is -1.32. The zero-order chi connectivity index (χ0) is 25.7. The van der Waals surface area contributed by atoms with Gasteiger partial charge in [0.05, 0.1) is 7.11 Å². The van der Waals surface area contributed by atoms with E-state index in [1.165, 1.54) is 31.2 Å². The lowest BCUT2D eigenvalue weighted by molar-refractivity contribution is -0.0754. The number of hydrogen-bond donors (Lipinski definition) is 0. The van der Waals surface area contributed by atoms with Crippen LogP contribution in [0.25, 0.3) is 6.08 Å². The highest BCUT2D eigenvalue weighted by Gasteiger charge is 2.50. The summed E-state index contributed by atoms with van der Waals surface area (Å²) in [6.45, 7) is 22.0. The highest BCUT2D eigenvalue weighted by Crippen LogP contribution is 2.52. The minimum absolute atomic E-state index is 0.196. The molecule has 2 aliphatic heterocycles. The molecule has 0 bridgehead atoms. The molecule has 2 fully saturated rings. The van der Waals surface area contributed by atoms with Crippen LogP contribution in [0.4, 0.5) is 0 Å². The van der Waals surface area contributed by atoms with Crippen LogP contribution in [0, 0.1) is 17.8 Å². The second-order valence-corrected chi connectivity index (χ2v) is 13.9. The summed E-state index contributed by atoms with van der Waals surface area (Å²) in [5.74, 6) is 2.86. The van der Waals surface area contributed by atoms with Crippen molar-refractivity contribution in [3.05, 3.63) is 35.4 Å². The van der Waals surface area contributed by atoms with Gasteiger partial charge in [0, 0.05) is 22.2 Å². The van der Waals surface area contributed by atoms with E-state index in [0.29, 0.717) is 17.8 Å². The van der Waals surface area contributed by atoms with Gasteiger partial charge in [0.2, 0.25) is 0 Å². The number of piperidine rings is 2. The largest absolute Gasteiger partial charge is 0.497 e. The van der Waals surface area contributed by atoms with Crippen LogP contribution >= 0.6 is 0 Å². The second-order valence-electron chi connectivity index (χ2n) is 13.9. The quantitative estimate of drug-likeness (QED) is 0.444. The average Bonchev–Trinajstić information content (AvgIpc) is 2.70. The van der Waals surface area contributed by atoms with Crippen molar-refractivity contribution >= 4 is 6.08 Å². The number of likely N-dealkylation sites (tertiary alicyclic amines) is 2. The molecule has 2 saturated heterocycles. The van der Waals surface area contributed by atoms with Crippen molar-refractivity contribution in [3.8, 4) is 5.75 Å². The fourth-order valence-corrected chi connectivity index (χ4v) is 7.59. The predicted octanol–water partition coefficient (Wildman–Crippen LogP) is 7.51. The molecular weight excluding hydrogens is 416 g/mol. The van der Waals surface area contributed by atoms with Gasteiger partial charge < -0.3 is 4.74 Å². The molecule has 192 valence electrons. The van der Waals surface area contributed by atoms with Crippen molar-refractivity contribution in [2.24, 2.45) is 17.8 Å². The minimum Gasteiger partial charge on any atom is -0.497 e. The van der Waals surface area contributed by atoms with Gasteiger partial charge in [-0.25, -0.2) is 0 Å². The Balaban J connectivity index is 2.05. The lowest BCUT2D eigenvalue weighted by Gasteiger charge is -2.59. The zero-order valence-electron chi connectivity index (χ0n) is 24.2. The van der Waals surface area contributed by atoms with E-state index in [2.05, 4.69) is 117 Å². The topological polar surface area (TPSA) is 15.7 Å². The molecule has 34 heavy (non-hydrogen) atoms. The molecule has 3 heteroatoms. The molecule has 0 spiro atoms. The Morgan fingerprint density at radius 2 is 1.12 bits per heavy atom. The van der Waals surface area contributed by atoms with Gasteiger partial charge in [0.1, 0.15) is 5.75 Å². The lowest BCUT2D eigenvalue weighted by atomic mass is 9.59. The fraction of sp³-hybridized carbons (Fsp3) is 0.742. The second kappa shape index (κ2) is 9.28. The summed E-state index contributed by atoms with van der Waals surface area (Å²) in [7, 11) is 6.39. The molecule has 0 aromatic heterocycles. The van der Waals surface area contributed by atoms with Crippen LogP contribution in [0.3, 0.4) is 0 Å². The van der Waals surface area contributed by atoms with Crippen LogP contribution in [0.15, 0.2) is 29.8 Å². The van der Waals surface area contributed by atoms with Gasteiger partial charge in [-0.15, -0.1) is 0 Å². The molecule has 0 atom stereocenters. The molecule has 1 aromatic carbocycles. The van der Waals surface area contributed by atoms with Gasteiger partial charge in [-0.3, -0.25) is 9.80 Å². The van der Waals surface area contributed by atoms with Crippen molar-refractivity contribution in [1.82, 2.24) is 9.80 Å². The molecule has 0 N–H and O–H groups in total. The van der Waals surface area contributed by atoms with Gasteiger partial charge >= 0.3 is 0 Å². The highest BCUT2D eigenvalue weighted by atomic mass is 16.5. The number of ether oxygens (including phenoxy) is 1. The van der Waals surface area contributed by atoms with E-state index in [1.807, 2.05) is 0 Å². The number of nitrogens with zero attached hydrogens (tertiary/aromatic N) is 2. The van der Waals surface area contributed by atoms with E-state index in [0.717, 1.165) is 5.75 Å². The van der Waals surface area contributed by atoms with Crippen LogP contribution in [-0.4, -0.2) is 53.2 Å². The van der Waals surface area contributed by atoms with Crippen molar-refractivity contribution in [3.63, 3.8) is 0 Å². The summed E-state index contributed by atoms with van der Waals surface area (Å²) in [4.78, 5) is 5.25. The number of methoxy groups -OCH3 is 1. The predicted molar refractivity (Wildman–Crippen MR) is 147 cm³/mol. The number of rotatable bonds is 5. The van der Waals surface area contributed by atoms with E-state index >= 15 is 0 Å². The van der Waals surface area contributed by atoms with Gasteiger partial charge in [-0.1, -0.05) is 23.8 Å². The minimum atomic E-state index is 0.196. The fourth-order valence-electron chi connectivity index (χ4n) is 7.59. The van der Waals surface area contributed by atoms with Gasteiger partial charge in [0.25, 0.3) is 0 Å². The van der Waals surface area contributed by atoms with E-state index in [9.17, 15) is 0 Å². The van der Waals surface area contributed by atoms with Gasteiger partial charge in [0.15, 0.2) is 0 Å². The normalized spacial score (nSPS) is 26.1. The Morgan fingerprint density at radius 3 is 1.44 bits per heavy atom. The molecule has 0 radical (unpaired) electrons. The summed E-state index contributed by atoms with van der Waals surface area (Å²) in [5, 5.41) is 0. The maximum absolute atomic E-state index is 5.39. The standard InChI is InChI=1S/C31H52N2O/c1-22(17-23-13-15-26(34-12)16-14-23)27(24-18-28(2,3)32(10)29(4,5)19-24)25-20-30(6,7)33(11)31(8,9)21-25/h13-17,24-25,27H,18-21H2,1-12H3. The zero-order valence-corrected chi connectivity index (χ0v) is 24.2. The summed E-state index contributed by atoms with van der Waals surface area (Å²) in [6, 6.07) is 8.56. The van der Waals surface area contributed by atoms with Crippen molar-refractivity contribution < 1.29 is 4.74 Å². The van der Waals surface area contributed by atoms with Crippen LogP contribution in [0.5, 0.6) is 5.75 Å². The summed E-state index contributed by atoms with van der Waals surface area (Å²) in [6.07, 6.45) is 7.45. The summed E-state index contributed by atoms with van der Waals surface area (Å²) >= 11 is 0. The summed E-state index contributed by atoms with van der Waals surface area (Å²) in [5.41, 5.74) is 3.61. The van der Waals surface area contributed by atoms with E-state index < -0.39 is 0 Å². The molecule has 2 heterocycles. The first kappa shape index (κ1) is 27.3. The first-order valence-electron chi connectivity index (χ1n) is 13.3. The summed E-state index contributed by atoms with van der Waals surface area (Å²) < 4.78 is 5.39. The third kappa shape index (κ3) is 5.41. The third-order valence-electron chi connectivity index (χ3n) is 9.73. The first-order chi connectivity index (χ1) is 15.5. The maximum atomic E-state index is 5.39. The van der Waals surface area contributed by atoms with Crippen LogP contribution in [0.1, 0.15) is 93.6 Å². The molecule has 1 aromatic rings. The smallest absolute Gasteiger partial charge is 0.118 e. The maximum Gasteiger partial charge on any atom is 0.118 e. The first-order valence-corrected chi connectivity index (χ1v) is 13.3. The van der Waals surface area contributed by atoms with E-state index in [4.69, 9.17) is 4.74 Å². The Bertz CT molecular complexity index is 799. The lowest BCUT2D eigenvalue weighted by Crippen LogP contribution is -2.62. The molecular formula is C31H52N2O. The number of benzene rings is 1. The SMILES string of the molecule is COc1ccc(C=C(C)C(C2CC(C)(C)N(C)C(C)(C)C2)C2CC(C)(C)N(C)C(C)(C)C2)cc1. The average molecular weight is 469 g/mol. The third-order valence-corrected chi connectivity index (χ3v) is 9.73. The van der Waals surface area contributed by atoms with Crippen LogP contribution in [0.2, 0.25) is 0 Å². The molecule has 0 unspecified atom stereocenters. The Kier molecular flexibility index (Phi) is 7.44. The monoisotopic (exact) mass is 468 g/mol. The molecule has 3 nitrogen and oxygen atoms in total. The molecule has 0 saturated carbocycles. The number of hydrogen-bond acceptors (Lipinski definition) is 3. The van der Waals surface area contributed by atoms with Crippen molar-refractivity contribution in [2.75, 3.05) is 21.2 Å². The van der Waals surface area contributed by atoms with Gasteiger partial charge in [-0.2, -0.15) is 0 Å². The molecule has 0 aliphatic carbocycles. The van der Waals surface area contributed by atoms with Crippen LogP contribution < -0.4 is 4.74 Å². The Morgan fingerprint density at radius 1 is 0.765 bits per heavy atom. The molecule has 0 amide bonds. The molecule has 3 rings (SSSR count). The van der Waals surface area contributed by atoms with Crippen molar-refractivity contribution in [1.29, 1.82) is 0 Å². The van der Waals surface area contributed by atoms with Crippen molar-refractivity contribution in [2.45, 2.75) is 110 Å². The highest BCUT2D eigenvalue weighted by molar-refractivity contribution is 5.54. The van der Waals surface area contributed by atoms with Gasteiger partial charge in [-0.05, 0) is 138 Å². The van der Waals surface area contributed by atoms with E-state index in [1.54, 1.807) is 12.7 Å². The van der Waals surface area contributed by atoms with E-state index in [-0.39, 0.29) is 22.2 Å².